The van der Waals surface area contributed by atoms with Crippen LogP contribution in [0.15, 0.2) is 12.4 Å². The third-order valence-electron chi connectivity index (χ3n) is 2.65. The van der Waals surface area contributed by atoms with E-state index in [4.69, 9.17) is 18.0 Å². The molecule has 4 nitrogen and oxygen atoms in total. The van der Waals surface area contributed by atoms with Crippen LogP contribution in [-0.2, 0) is 0 Å². The predicted octanol–water partition coefficient (Wildman–Crippen LogP) is 1.32. The standard InChI is InChI=1S/C10H14N4S/c1-6-4-7(5-6)14-10-8(9(11)15)12-2-3-13-10/h2-3,6-7H,4-5H2,1H3,(H2,11,15)(H,13,14). The second-order valence-corrected chi connectivity index (χ2v) is 4.48. The Morgan fingerprint density at radius 3 is 2.73 bits per heavy atom. The van der Waals surface area contributed by atoms with Gasteiger partial charge in [-0.05, 0) is 18.8 Å². The zero-order valence-corrected chi connectivity index (χ0v) is 9.42. The molecular weight excluding hydrogens is 208 g/mol. The van der Waals surface area contributed by atoms with Crippen molar-refractivity contribution in [2.24, 2.45) is 11.7 Å². The number of hydrogen-bond acceptors (Lipinski definition) is 4. The fourth-order valence-corrected chi connectivity index (χ4v) is 1.99. The van der Waals surface area contributed by atoms with Gasteiger partial charge in [0.05, 0.1) is 0 Å². The predicted molar refractivity (Wildman–Crippen MR) is 63.7 cm³/mol. The van der Waals surface area contributed by atoms with Gasteiger partial charge in [-0.2, -0.15) is 0 Å². The Kier molecular flexibility index (Phi) is 2.81. The summed E-state index contributed by atoms with van der Waals surface area (Å²) in [6, 6.07) is 0.491. The summed E-state index contributed by atoms with van der Waals surface area (Å²) in [5.74, 6) is 1.51. The van der Waals surface area contributed by atoms with Crippen molar-refractivity contribution in [1.82, 2.24) is 9.97 Å². The second kappa shape index (κ2) is 4.10. The molecule has 0 atom stereocenters. The molecule has 0 unspecified atom stereocenters. The Hall–Kier alpha value is -1.23. The highest BCUT2D eigenvalue weighted by molar-refractivity contribution is 7.80. The van der Waals surface area contributed by atoms with Crippen LogP contribution in [0.3, 0.4) is 0 Å². The van der Waals surface area contributed by atoms with Crippen molar-refractivity contribution in [3.8, 4) is 0 Å². The first-order chi connectivity index (χ1) is 7.16. The summed E-state index contributed by atoms with van der Waals surface area (Å²) < 4.78 is 0. The largest absolute Gasteiger partial charge is 0.388 e. The van der Waals surface area contributed by atoms with Crippen LogP contribution >= 0.6 is 12.2 Å². The highest BCUT2D eigenvalue weighted by atomic mass is 32.1. The van der Waals surface area contributed by atoms with E-state index in [-0.39, 0.29) is 4.99 Å². The first kappa shape index (κ1) is 10.3. The van der Waals surface area contributed by atoms with E-state index < -0.39 is 0 Å². The first-order valence-corrected chi connectivity index (χ1v) is 5.45. The van der Waals surface area contributed by atoms with Crippen LogP contribution in [0.25, 0.3) is 0 Å². The molecule has 1 fully saturated rings. The molecule has 2 rings (SSSR count). The smallest absolute Gasteiger partial charge is 0.155 e. The van der Waals surface area contributed by atoms with Crippen molar-refractivity contribution in [3.05, 3.63) is 18.1 Å². The minimum Gasteiger partial charge on any atom is -0.388 e. The summed E-state index contributed by atoms with van der Waals surface area (Å²) in [6.07, 6.45) is 5.59. The monoisotopic (exact) mass is 222 g/mol. The number of nitrogens with one attached hydrogen (secondary N) is 1. The summed E-state index contributed by atoms with van der Waals surface area (Å²) in [6.45, 7) is 2.24. The molecule has 0 saturated heterocycles. The quantitative estimate of drug-likeness (QED) is 0.755. The molecule has 3 N–H and O–H groups in total. The van der Waals surface area contributed by atoms with Crippen molar-refractivity contribution >= 4 is 23.0 Å². The number of nitrogens with two attached hydrogens (primary N) is 1. The van der Waals surface area contributed by atoms with Crippen LogP contribution in [0.4, 0.5) is 5.82 Å². The lowest BCUT2D eigenvalue weighted by Crippen LogP contribution is -2.35. The third-order valence-corrected chi connectivity index (χ3v) is 2.84. The minimum atomic E-state index is 0.290. The molecule has 1 saturated carbocycles. The van der Waals surface area contributed by atoms with Crippen molar-refractivity contribution < 1.29 is 0 Å². The average molecular weight is 222 g/mol. The maximum Gasteiger partial charge on any atom is 0.155 e. The summed E-state index contributed by atoms with van der Waals surface area (Å²) in [5, 5.41) is 3.32. The highest BCUT2D eigenvalue weighted by Crippen LogP contribution is 2.29. The van der Waals surface area contributed by atoms with Gasteiger partial charge >= 0.3 is 0 Å². The van der Waals surface area contributed by atoms with Crippen LogP contribution in [0.2, 0.25) is 0 Å². The van der Waals surface area contributed by atoms with E-state index in [1.807, 2.05) is 0 Å². The van der Waals surface area contributed by atoms with Gasteiger partial charge in [0, 0.05) is 18.4 Å². The van der Waals surface area contributed by atoms with Gasteiger partial charge < -0.3 is 11.1 Å². The van der Waals surface area contributed by atoms with E-state index in [1.54, 1.807) is 12.4 Å². The van der Waals surface area contributed by atoms with Gasteiger partial charge in [0.25, 0.3) is 0 Å². The van der Waals surface area contributed by atoms with Crippen LogP contribution in [0, 0.1) is 5.92 Å². The Bertz CT molecular complexity index is 373. The normalized spacial score (nSPS) is 24.3. The maximum absolute atomic E-state index is 5.57. The molecule has 1 aliphatic rings. The van der Waals surface area contributed by atoms with Crippen molar-refractivity contribution in [3.63, 3.8) is 0 Å². The number of aromatic nitrogens is 2. The lowest BCUT2D eigenvalue weighted by atomic mass is 9.82. The molecule has 1 aromatic rings. The average Bonchev–Trinajstić information content (AvgIpc) is 2.16. The lowest BCUT2D eigenvalue weighted by Gasteiger charge is -2.33. The molecule has 0 radical (unpaired) electrons. The number of hydrogen-bond donors (Lipinski definition) is 2. The number of thiocarbonyl (C=S) groups is 1. The summed E-state index contributed by atoms with van der Waals surface area (Å²) >= 11 is 4.92. The first-order valence-electron chi connectivity index (χ1n) is 5.04. The number of nitrogens with zero attached hydrogens (tertiary/aromatic N) is 2. The molecule has 1 heterocycles. The van der Waals surface area contributed by atoms with Crippen molar-refractivity contribution in [1.29, 1.82) is 0 Å². The summed E-state index contributed by atoms with van der Waals surface area (Å²) in [4.78, 5) is 8.61. The fraction of sp³-hybridized carbons (Fsp3) is 0.500. The van der Waals surface area contributed by atoms with E-state index in [2.05, 4.69) is 22.2 Å². The topological polar surface area (TPSA) is 63.8 Å². The SMILES string of the molecule is CC1CC(Nc2nccnc2C(N)=S)C1. The summed E-state index contributed by atoms with van der Waals surface area (Å²) in [7, 11) is 0. The highest BCUT2D eigenvalue weighted by Gasteiger charge is 2.26. The van der Waals surface area contributed by atoms with E-state index in [0.717, 1.165) is 5.92 Å². The zero-order chi connectivity index (χ0) is 10.8. The van der Waals surface area contributed by atoms with Gasteiger partial charge in [-0.1, -0.05) is 19.1 Å². The fourth-order valence-electron chi connectivity index (χ4n) is 1.84. The molecule has 80 valence electrons. The van der Waals surface area contributed by atoms with Gasteiger partial charge in [-0.25, -0.2) is 9.97 Å². The number of anilines is 1. The third kappa shape index (κ3) is 2.23. The minimum absolute atomic E-state index is 0.290. The van der Waals surface area contributed by atoms with Crippen LogP contribution < -0.4 is 11.1 Å². The Morgan fingerprint density at radius 1 is 1.47 bits per heavy atom. The van der Waals surface area contributed by atoms with E-state index in [9.17, 15) is 0 Å². The second-order valence-electron chi connectivity index (χ2n) is 4.04. The molecule has 1 aliphatic carbocycles. The lowest BCUT2D eigenvalue weighted by molar-refractivity contribution is 0.308. The molecule has 15 heavy (non-hydrogen) atoms. The van der Waals surface area contributed by atoms with Crippen molar-refractivity contribution in [2.75, 3.05) is 5.32 Å². The van der Waals surface area contributed by atoms with Crippen LogP contribution in [-0.4, -0.2) is 21.0 Å². The van der Waals surface area contributed by atoms with Gasteiger partial charge in [0.15, 0.2) is 5.82 Å². The zero-order valence-electron chi connectivity index (χ0n) is 8.60. The molecule has 0 spiro atoms. The van der Waals surface area contributed by atoms with Gasteiger partial charge in [0.1, 0.15) is 10.7 Å². The van der Waals surface area contributed by atoms with Crippen LogP contribution in [0.1, 0.15) is 25.5 Å². The number of rotatable bonds is 3. The van der Waals surface area contributed by atoms with Gasteiger partial charge in [-0.15, -0.1) is 0 Å². The molecule has 1 aromatic heterocycles. The Morgan fingerprint density at radius 2 is 2.13 bits per heavy atom. The molecule has 0 amide bonds. The molecule has 0 aromatic carbocycles. The molecule has 5 heteroatoms. The van der Waals surface area contributed by atoms with Gasteiger partial charge in [-0.3, -0.25) is 0 Å². The molecule has 0 bridgehead atoms. The Balaban J connectivity index is 2.10. The maximum atomic E-state index is 5.57. The van der Waals surface area contributed by atoms with E-state index in [1.165, 1.54) is 12.8 Å². The summed E-state index contributed by atoms with van der Waals surface area (Å²) in [5.41, 5.74) is 6.16. The Labute approximate surface area is 94.3 Å². The van der Waals surface area contributed by atoms with Gasteiger partial charge in [0.2, 0.25) is 0 Å². The van der Waals surface area contributed by atoms with E-state index in [0.29, 0.717) is 17.6 Å². The molecular formula is C10H14N4S. The van der Waals surface area contributed by atoms with Crippen molar-refractivity contribution in [2.45, 2.75) is 25.8 Å². The van der Waals surface area contributed by atoms with E-state index >= 15 is 0 Å². The van der Waals surface area contributed by atoms with Crippen LogP contribution in [0.5, 0.6) is 0 Å². The molecule has 0 aliphatic heterocycles.